The fourth-order valence-electron chi connectivity index (χ4n) is 1.70. The molecule has 0 aliphatic heterocycles. The molecule has 1 aromatic heterocycles. The standard InChI is InChI=1S/C16H20N2O4S/c1-3-4-8-20-15(19)11-23-16-18-17-14(22-16)10-21-13-7-5-6-12(2)9-13/h5-7,9H,3-4,8,10-11H2,1-2H3. The lowest BCUT2D eigenvalue weighted by molar-refractivity contribution is -0.140. The van der Waals surface area contributed by atoms with Crippen LogP contribution in [-0.4, -0.2) is 28.5 Å². The van der Waals surface area contributed by atoms with Crippen LogP contribution in [0.4, 0.5) is 0 Å². The first-order valence-corrected chi connectivity index (χ1v) is 8.46. The smallest absolute Gasteiger partial charge is 0.316 e. The second-order valence-corrected chi connectivity index (χ2v) is 5.86. The number of aromatic nitrogens is 2. The molecule has 1 heterocycles. The molecule has 6 nitrogen and oxygen atoms in total. The first-order chi connectivity index (χ1) is 11.2. The highest BCUT2D eigenvalue weighted by Gasteiger charge is 2.11. The van der Waals surface area contributed by atoms with Crippen LogP contribution in [0.15, 0.2) is 33.9 Å². The number of hydrogen-bond donors (Lipinski definition) is 0. The Kier molecular flexibility index (Phi) is 6.93. The van der Waals surface area contributed by atoms with Crippen LogP contribution in [0, 0.1) is 6.92 Å². The van der Waals surface area contributed by atoms with Crippen molar-refractivity contribution in [1.29, 1.82) is 0 Å². The van der Waals surface area contributed by atoms with Crippen molar-refractivity contribution >= 4 is 17.7 Å². The predicted molar refractivity (Wildman–Crippen MR) is 86.4 cm³/mol. The van der Waals surface area contributed by atoms with E-state index in [1.54, 1.807) is 0 Å². The molecule has 0 saturated heterocycles. The number of ether oxygens (including phenoxy) is 2. The van der Waals surface area contributed by atoms with Crippen LogP contribution >= 0.6 is 11.8 Å². The van der Waals surface area contributed by atoms with Crippen LogP contribution < -0.4 is 4.74 Å². The third-order valence-corrected chi connectivity index (χ3v) is 3.67. The Morgan fingerprint density at radius 1 is 1.35 bits per heavy atom. The molecule has 1 aromatic carbocycles. The Labute approximate surface area is 139 Å². The van der Waals surface area contributed by atoms with Gasteiger partial charge in [-0.05, 0) is 31.0 Å². The maximum absolute atomic E-state index is 11.5. The van der Waals surface area contributed by atoms with Crippen LogP contribution in [0.5, 0.6) is 5.75 Å². The van der Waals surface area contributed by atoms with Crippen molar-refractivity contribution in [3.05, 3.63) is 35.7 Å². The molecule has 2 rings (SSSR count). The minimum Gasteiger partial charge on any atom is -0.484 e. The predicted octanol–water partition coefficient (Wildman–Crippen LogP) is 3.39. The number of carbonyl (C=O) groups excluding carboxylic acids is 1. The van der Waals surface area contributed by atoms with Gasteiger partial charge in [-0.2, -0.15) is 0 Å². The monoisotopic (exact) mass is 336 g/mol. The molecule has 2 aromatic rings. The van der Waals surface area contributed by atoms with E-state index >= 15 is 0 Å². The second kappa shape index (κ2) is 9.19. The summed E-state index contributed by atoms with van der Waals surface area (Å²) in [6.07, 6.45) is 1.87. The maximum Gasteiger partial charge on any atom is 0.316 e. The average molecular weight is 336 g/mol. The van der Waals surface area contributed by atoms with E-state index in [9.17, 15) is 4.79 Å². The van der Waals surface area contributed by atoms with Gasteiger partial charge in [0.1, 0.15) is 11.5 Å². The third-order valence-electron chi connectivity index (χ3n) is 2.87. The molecular weight excluding hydrogens is 316 g/mol. The minimum atomic E-state index is -0.279. The Morgan fingerprint density at radius 2 is 2.22 bits per heavy atom. The van der Waals surface area contributed by atoms with Crippen LogP contribution in [0.3, 0.4) is 0 Å². The van der Waals surface area contributed by atoms with Crippen molar-refractivity contribution in [3.63, 3.8) is 0 Å². The number of thioether (sulfide) groups is 1. The highest BCUT2D eigenvalue weighted by molar-refractivity contribution is 7.99. The highest BCUT2D eigenvalue weighted by Crippen LogP contribution is 2.18. The van der Waals surface area contributed by atoms with E-state index in [2.05, 4.69) is 10.2 Å². The van der Waals surface area contributed by atoms with E-state index in [0.29, 0.717) is 17.7 Å². The number of nitrogens with zero attached hydrogens (tertiary/aromatic N) is 2. The first-order valence-electron chi connectivity index (χ1n) is 7.47. The van der Waals surface area contributed by atoms with Crippen molar-refractivity contribution in [3.8, 4) is 5.75 Å². The van der Waals surface area contributed by atoms with E-state index < -0.39 is 0 Å². The number of aryl methyl sites for hydroxylation is 1. The van der Waals surface area contributed by atoms with Crippen LogP contribution in [0.25, 0.3) is 0 Å². The Morgan fingerprint density at radius 3 is 3.00 bits per heavy atom. The molecule has 0 saturated carbocycles. The van der Waals surface area contributed by atoms with Gasteiger partial charge in [0.2, 0.25) is 0 Å². The summed E-state index contributed by atoms with van der Waals surface area (Å²) in [6.45, 7) is 4.68. The zero-order valence-electron chi connectivity index (χ0n) is 13.3. The van der Waals surface area contributed by atoms with Gasteiger partial charge >= 0.3 is 5.97 Å². The first kappa shape index (κ1) is 17.3. The molecule has 0 spiro atoms. The summed E-state index contributed by atoms with van der Waals surface area (Å²) in [6, 6.07) is 7.71. The SMILES string of the molecule is CCCCOC(=O)CSc1nnc(COc2cccc(C)c2)o1. The molecule has 0 amide bonds. The Hall–Kier alpha value is -2.02. The number of esters is 1. The number of unbranched alkanes of at least 4 members (excludes halogenated alkanes) is 1. The van der Waals surface area contributed by atoms with E-state index in [4.69, 9.17) is 13.9 Å². The number of rotatable bonds is 9. The highest BCUT2D eigenvalue weighted by atomic mass is 32.2. The Balaban J connectivity index is 1.74. The molecule has 124 valence electrons. The zero-order chi connectivity index (χ0) is 16.5. The molecule has 7 heteroatoms. The fourth-order valence-corrected chi connectivity index (χ4v) is 2.28. The van der Waals surface area contributed by atoms with Gasteiger partial charge in [-0.3, -0.25) is 4.79 Å². The van der Waals surface area contributed by atoms with Crippen molar-refractivity contribution in [2.75, 3.05) is 12.4 Å². The maximum atomic E-state index is 11.5. The van der Waals surface area contributed by atoms with E-state index in [1.807, 2.05) is 38.1 Å². The number of carbonyl (C=O) groups is 1. The molecule has 0 unspecified atom stereocenters. The minimum absolute atomic E-state index is 0.157. The largest absolute Gasteiger partial charge is 0.484 e. The Bertz CT molecular complexity index is 630. The quantitative estimate of drug-likeness (QED) is 0.395. The van der Waals surface area contributed by atoms with Crippen molar-refractivity contribution in [2.45, 2.75) is 38.5 Å². The second-order valence-electron chi connectivity index (χ2n) is 4.93. The molecule has 0 atom stereocenters. The zero-order valence-corrected chi connectivity index (χ0v) is 14.1. The summed E-state index contributed by atoms with van der Waals surface area (Å²) in [4.78, 5) is 11.5. The van der Waals surface area contributed by atoms with E-state index in [1.165, 1.54) is 0 Å². The number of hydrogen-bond acceptors (Lipinski definition) is 7. The van der Waals surface area contributed by atoms with Gasteiger partial charge in [-0.15, -0.1) is 10.2 Å². The van der Waals surface area contributed by atoms with Crippen molar-refractivity contribution in [2.24, 2.45) is 0 Å². The van der Waals surface area contributed by atoms with Gasteiger partial charge in [0, 0.05) is 0 Å². The van der Waals surface area contributed by atoms with Gasteiger partial charge in [-0.1, -0.05) is 37.2 Å². The lowest BCUT2D eigenvalue weighted by Gasteiger charge is -2.03. The van der Waals surface area contributed by atoms with Crippen LogP contribution in [0.1, 0.15) is 31.2 Å². The normalized spacial score (nSPS) is 10.5. The third kappa shape index (κ3) is 6.32. The molecule has 0 N–H and O–H groups in total. The summed E-state index contributed by atoms with van der Waals surface area (Å²) in [7, 11) is 0. The molecule has 23 heavy (non-hydrogen) atoms. The summed E-state index contributed by atoms with van der Waals surface area (Å²) in [5.74, 6) is 0.994. The molecule has 0 radical (unpaired) electrons. The fraction of sp³-hybridized carbons (Fsp3) is 0.438. The van der Waals surface area contributed by atoms with E-state index in [0.717, 1.165) is 35.9 Å². The molecule has 0 bridgehead atoms. The van der Waals surface area contributed by atoms with Crippen LogP contribution in [0.2, 0.25) is 0 Å². The lowest BCUT2D eigenvalue weighted by atomic mass is 10.2. The van der Waals surface area contributed by atoms with Gasteiger partial charge in [-0.25, -0.2) is 0 Å². The van der Waals surface area contributed by atoms with Gasteiger partial charge in [0.25, 0.3) is 11.1 Å². The summed E-state index contributed by atoms with van der Waals surface area (Å²) < 4.78 is 16.1. The van der Waals surface area contributed by atoms with Crippen LogP contribution in [-0.2, 0) is 16.1 Å². The molecular formula is C16H20N2O4S. The summed E-state index contributed by atoms with van der Waals surface area (Å²) in [5.41, 5.74) is 1.12. The van der Waals surface area contributed by atoms with Gasteiger partial charge in [0.05, 0.1) is 6.61 Å². The van der Waals surface area contributed by atoms with Crippen molar-refractivity contribution < 1.29 is 18.7 Å². The van der Waals surface area contributed by atoms with Crippen molar-refractivity contribution in [1.82, 2.24) is 10.2 Å². The molecule has 0 aliphatic carbocycles. The van der Waals surface area contributed by atoms with E-state index in [-0.39, 0.29) is 18.3 Å². The summed E-state index contributed by atoms with van der Waals surface area (Å²) >= 11 is 1.16. The van der Waals surface area contributed by atoms with Gasteiger partial charge < -0.3 is 13.9 Å². The average Bonchev–Trinajstić information content (AvgIpc) is 2.99. The lowest BCUT2D eigenvalue weighted by Crippen LogP contribution is -2.08. The topological polar surface area (TPSA) is 74.5 Å². The van der Waals surface area contributed by atoms with Gasteiger partial charge in [0.15, 0.2) is 6.61 Å². The number of benzene rings is 1. The summed E-state index contributed by atoms with van der Waals surface area (Å²) in [5, 5.41) is 8.10. The molecule has 0 aliphatic rings. The molecule has 0 fully saturated rings.